The molecule has 2 atom stereocenters. The second kappa shape index (κ2) is 9.22. The van der Waals surface area contributed by atoms with Crippen LogP contribution in [0.4, 0.5) is 9.93 Å². The maximum atomic E-state index is 12.7. The minimum absolute atomic E-state index is 0.0204. The van der Waals surface area contributed by atoms with Crippen LogP contribution in [0.1, 0.15) is 5.69 Å². The van der Waals surface area contributed by atoms with Crippen molar-refractivity contribution in [2.75, 3.05) is 32.2 Å². The van der Waals surface area contributed by atoms with E-state index in [1.54, 1.807) is 0 Å². The number of carbonyl (C=O) groups excluding carboxylic acids is 3. The van der Waals surface area contributed by atoms with Crippen LogP contribution in [0.15, 0.2) is 16.4 Å². The van der Waals surface area contributed by atoms with Crippen molar-refractivity contribution < 1.29 is 34.2 Å². The van der Waals surface area contributed by atoms with Gasteiger partial charge in [-0.2, -0.15) is 0 Å². The van der Waals surface area contributed by atoms with Crippen molar-refractivity contribution in [1.82, 2.24) is 20.1 Å². The Labute approximate surface area is 193 Å². The highest BCUT2D eigenvalue weighted by Crippen LogP contribution is 2.40. The van der Waals surface area contributed by atoms with Crippen molar-refractivity contribution in [2.24, 2.45) is 5.16 Å². The number of nitrogens with one attached hydrogen (secondary N) is 1. The first-order chi connectivity index (χ1) is 15.1. The molecule has 1 fully saturated rings. The molecule has 1 saturated heterocycles. The predicted octanol–water partition coefficient (Wildman–Crippen LogP) is -0.00620. The number of carboxylic acids is 1. The Morgan fingerprint density at radius 2 is 2.12 bits per heavy atom. The Balaban J connectivity index is 1.76. The summed E-state index contributed by atoms with van der Waals surface area (Å²) in [5, 5.41) is 23.5. The third-order valence-corrected chi connectivity index (χ3v) is 6.84. The van der Waals surface area contributed by atoms with Gasteiger partial charge in [-0.15, -0.1) is 11.8 Å². The minimum atomic E-state index is -1.37. The zero-order valence-electron chi connectivity index (χ0n) is 16.6. The van der Waals surface area contributed by atoms with E-state index in [0.29, 0.717) is 0 Å². The van der Waals surface area contributed by atoms with Gasteiger partial charge in [0.2, 0.25) is 0 Å². The number of carbonyl (C=O) groups is 4. The molecule has 3 heterocycles. The number of anilines is 1. The summed E-state index contributed by atoms with van der Waals surface area (Å²) in [5.41, 5.74) is 4.78. The number of halogens is 1. The molecule has 0 aromatic carbocycles. The van der Waals surface area contributed by atoms with Crippen molar-refractivity contribution in [2.45, 2.75) is 11.4 Å². The summed E-state index contributed by atoms with van der Waals surface area (Å²) in [6.07, 6.45) is -0.661. The Morgan fingerprint density at radius 3 is 2.66 bits per heavy atom. The Morgan fingerprint density at radius 1 is 1.44 bits per heavy atom. The number of rotatable bonds is 6. The number of carboxylic acid groups (broad SMARTS) is 1. The second-order valence-corrected chi connectivity index (χ2v) is 9.43. The lowest BCUT2D eigenvalue weighted by Gasteiger charge is -2.49. The van der Waals surface area contributed by atoms with E-state index in [-0.39, 0.29) is 38.8 Å². The fraction of sp³-hybridized carbons (Fsp3) is 0.375. The van der Waals surface area contributed by atoms with Gasteiger partial charge in [0.1, 0.15) is 33.7 Å². The number of nitrogens with two attached hydrogens (primary N) is 1. The van der Waals surface area contributed by atoms with Crippen molar-refractivity contribution in [3.05, 3.63) is 21.3 Å². The van der Waals surface area contributed by atoms with Crippen LogP contribution in [-0.2, 0) is 19.1 Å². The maximum Gasteiger partial charge on any atom is 0.409 e. The quantitative estimate of drug-likeness (QED) is 0.177. The van der Waals surface area contributed by atoms with Crippen molar-refractivity contribution in [3.8, 4) is 0 Å². The average Bonchev–Trinajstić information content (AvgIpc) is 3.07. The molecule has 0 unspecified atom stereocenters. The number of aliphatic carboxylic acids is 1. The van der Waals surface area contributed by atoms with Gasteiger partial charge in [-0.1, -0.05) is 28.1 Å². The summed E-state index contributed by atoms with van der Waals surface area (Å²) in [6, 6.07) is -1.08. The van der Waals surface area contributed by atoms with Gasteiger partial charge < -0.3 is 31.0 Å². The van der Waals surface area contributed by atoms with Gasteiger partial charge >= 0.3 is 12.1 Å². The van der Waals surface area contributed by atoms with Crippen LogP contribution in [0.5, 0.6) is 0 Å². The van der Waals surface area contributed by atoms with Crippen LogP contribution >= 0.6 is 34.7 Å². The number of nitrogen functional groups attached to an aromatic ring is 1. The van der Waals surface area contributed by atoms with E-state index in [0.717, 1.165) is 16.2 Å². The summed E-state index contributed by atoms with van der Waals surface area (Å²) in [6.45, 7) is -0.301. The predicted molar refractivity (Wildman–Crippen MR) is 115 cm³/mol. The smallest absolute Gasteiger partial charge is 0.409 e. The standard InChI is InChI=1S/C16H17ClN6O7S2/c1-22(2)16(28)30-3-5-4-31-13-8(12(25)23(13)9(5)14(26)27)19-11(24)7(21-29)6-10(17)32-15(18)20-6/h8,13,29H,3-4H2,1-2H3,(H2,18,20)(H,19,24)(H,26,27)/b21-7-/t8-,13+/m1/s1. The van der Waals surface area contributed by atoms with Crippen LogP contribution in [-0.4, -0.2) is 92.6 Å². The molecule has 13 nitrogen and oxygen atoms in total. The zero-order valence-corrected chi connectivity index (χ0v) is 19.0. The third-order valence-electron chi connectivity index (χ3n) is 4.41. The lowest BCUT2D eigenvalue weighted by atomic mass is 10.0. The van der Waals surface area contributed by atoms with Gasteiger partial charge in [0.25, 0.3) is 11.8 Å². The molecular weight excluding hydrogens is 488 g/mol. The first-order valence-corrected chi connectivity index (χ1v) is 11.0. The summed E-state index contributed by atoms with van der Waals surface area (Å²) < 4.78 is 5.06. The molecule has 3 amide bonds. The topological polar surface area (TPSA) is 188 Å². The lowest BCUT2D eigenvalue weighted by Crippen LogP contribution is -2.71. The average molecular weight is 505 g/mol. The second-order valence-electron chi connectivity index (χ2n) is 6.69. The molecule has 2 aliphatic rings. The van der Waals surface area contributed by atoms with Gasteiger partial charge in [0.05, 0.1) is 0 Å². The number of hydrogen-bond acceptors (Lipinski definition) is 11. The van der Waals surface area contributed by atoms with E-state index in [1.165, 1.54) is 30.8 Å². The third kappa shape index (κ3) is 4.31. The molecule has 32 heavy (non-hydrogen) atoms. The van der Waals surface area contributed by atoms with E-state index in [4.69, 9.17) is 22.1 Å². The van der Waals surface area contributed by atoms with Gasteiger partial charge in [0, 0.05) is 25.4 Å². The maximum absolute atomic E-state index is 12.7. The highest BCUT2D eigenvalue weighted by Gasteiger charge is 2.54. The number of aromatic nitrogens is 1. The van der Waals surface area contributed by atoms with E-state index in [2.05, 4.69) is 15.5 Å². The summed E-state index contributed by atoms with van der Waals surface area (Å²) in [5.74, 6) is -2.85. The number of nitrogens with zero attached hydrogens (tertiary/aromatic N) is 4. The van der Waals surface area contributed by atoms with E-state index >= 15 is 0 Å². The molecule has 0 saturated carbocycles. The van der Waals surface area contributed by atoms with Crippen molar-refractivity contribution >= 4 is 69.4 Å². The molecule has 1 aromatic rings. The molecule has 0 bridgehead atoms. The van der Waals surface area contributed by atoms with E-state index in [1.807, 2.05) is 0 Å². The fourth-order valence-electron chi connectivity index (χ4n) is 2.95. The summed E-state index contributed by atoms with van der Waals surface area (Å²) >= 11 is 7.99. The number of thioether (sulfide) groups is 1. The van der Waals surface area contributed by atoms with Gasteiger partial charge in [0.15, 0.2) is 10.8 Å². The van der Waals surface area contributed by atoms with Crippen molar-refractivity contribution in [3.63, 3.8) is 0 Å². The van der Waals surface area contributed by atoms with Crippen LogP contribution in [0, 0.1) is 0 Å². The first kappa shape index (κ1) is 23.6. The molecule has 0 spiro atoms. The molecule has 0 aliphatic carbocycles. The molecule has 16 heteroatoms. The van der Waals surface area contributed by atoms with Crippen LogP contribution in [0.3, 0.4) is 0 Å². The Hall–Kier alpha value is -3.04. The largest absolute Gasteiger partial charge is 0.477 e. The summed E-state index contributed by atoms with van der Waals surface area (Å²) in [4.78, 5) is 54.7. The molecule has 1 aromatic heterocycles. The normalized spacial score (nSPS) is 20.4. The van der Waals surface area contributed by atoms with Gasteiger partial charge in [-0.05, 0) is 0 Å². The Bertz CT molecular complexity index is 1060. The number of ether oxygens (including phenoxy) is 1. The van der Waals surface area contributed by atoms with E-state index in [9.17, 15) is 29.5 Å². The van der Waals surface area contributed by atoms with Gasteiger partial charge in [-0.3, -0.25) is 14.5 Å². The molecule has 5 N–H and O–H groups in total. The molecule has 0 radical (unpaired) electrons. The number of hydrogen-bond donors (Lipinski definition) is 4. The van der Waals surface area contributed by atoms with Crippen LogP contribution in [0.25, 0.3) is 0 Å². The first-order valence-electron chi connectivity index (χ1n) is 8.76. The SMILES string of the molecule is CN(C)C(=O)OCC1=C(C(=O)O)N2C(=O)[C@@H](NC(=O)/C(=N\O)c3nc(N)sc3Cl)[C@@H]2SC1. The number of amides is 3. The highest BCUT2D eigenvalue weighted by molar-refractivity contribution is 8.00. The number of fused-ring (bicyclic) bond motifs is 1. The van der Waals surface area contributed by atoms with Gasteiger partial charge in [-0.25, -0.2) is 14.6 Å². The molecular formula is C16H17ClN6O7S2. The molecule has 2 aliphatic heterocycles. The number of oxime groups is 1. The zero-order chi connectivity index (χ0) is 23.7. The molecule has 3 rings (SSSR count). The van der Waals surface area contributed by atoms with Crippen LogP contribution in [0.2, 0.25) is 4.34 Å². The minimum Gasteiger partial charge on any atom is -0.477 e. The highest BCUT2D eigenvalue weighted by atomic mass is 35.5. The monoisotopic (exact) mass is 504 g/mol. The summed E-state index contributed by atoms with van der Waals surface area (Å²) in [7, 11) is 2.95. The lowest BCUT2D eigenvalue weighted by molar-refractivity contribution is -0.150. The molecule has 172 valence electrons. The van der Waals surface area contributed by atoms with Crippen LogP contribution < -0.4 is 11.1 Å². The van der Waals surface area contributed by atoms with E-state index < -0.39 is 41.0 Å². The fourth-order valence-corrected chi connectivity index (χ4v) is 5.20. The Kier molecular flexibility index (Phi) is 6.80. The number of β-lactam (4-membered cyclic amide) rings is 1. The van der Waals surface area contributed by atoms with Crippen molar-refractivity contribution in [1.29, 1.82) is 0 Å². The number of thiazole rings is 1.